The van der Waals surface area contributed by atoms with Crippen LogP contribution in [0.2, 0.25) is 0 Å². The normalized spacial score (nSPS) is 16.9. The summed E-state index contributed by atoms with van der Waals surface area (Å²) in [6, 6.07) is 0.204. The molecular formula is C8H20N2O. The summed E-state index contributed by atoms with van der Waals surface area (Å²) in [5.41, 5.74) is 5.71. The number of hydrogen-bond donors (Lipinski definition) is 2. The largest absolute Gasteiger partial charge is 0.395 e. The van der Waals surface area contributed by atoms with Crippen molar-refractivity contribution in [1.82, 2.24) is 4.90 Å². The van der Waals surface area contributed by atoms with Crippen molar-refractivity contribution in [3.63, 3.8) is 0 Å². The Labute approximate surface area is 69.2 Å². The number of aliphatic hydroxyl groups excluding tert-OH is 1. The maximum atomic E-state index is 8.83. The second kappa shape index (κ2) is 5.52. The first-order valence-electron chi connectivity index (χ1n) is 4.16. The maximum Gasteiger partial charge on any atom is 0.0597 e. The van der Waals surface area contributed by atoms with Gasteiger partial charge in [-0.05, 0) is 20.5 Å². The van der Waals surface area contributed by atoms with Crippen LogP contribution < -0.4 is 5.73 Å². The highest BCUT2D eigenvalue weighted by Crippen LogP contribution is 2.05. The number of hydrogen-bond acceptors (Lipinski definition) is 3. The molecule has 0 amide bonds. The molecule has 0 saturated carbocycles. The fourth-order valence-corrected chi connectivity index (χ4v) is 1.27. The first-order chi connectivity index (χ1) is 5.13. The first kappa shape index (κ1) is 10.9. The average molecular weight is 160 g/mol. The van der Waals surface area contributed by atoms with E-state index >= 15 is 0 Å². The quantitative estimate of drug-likeness (QED) is 0.597. The van der Waals surface area contributed by atoms with Crippen LogP contribution in [0.15, 0.2) is 0 Å². The Morgan fingerprint density at radius 1 is 1.45 bits per heavy atom. The fourth-order valence-electron chi connectivity index (χ4n) is 1.27. The smallest absolute Gasteiger partial charge is 0.0597 e. The van der Waals surface area contributed by atoms with Crippen molar-refractivity contribution in [3.05, 3.63) is 0 Å². The van der Waals surface area contributed by atoms with E-state index in [1.165, 1.54) is 0 Å². The molecule has 0 rings (SSSR count). The van der Waals surface area contributed by atoms with E-state index in [1.807, 2.05) is 14.1 Å². The van der Waals surface area contributed by atoms with Gasteiger partial charge in [-0.25, -0.2) is 0 Å². The highest BCUT2D eigenvalue weighted by atomic mass is 16.3. The van der Waals surface area contributed by atoms with Gasteiger partial charge < -0.3 is 15.7 Å². The van der Waals surface area contributed by atoms with Gasteiger partial charge in [-0.1, -0.05) is 13.3 Å². The summed E-state index contributed by atoms with van der Waals surface area (Å²) in [6.45, 7) is 2.20. The SMILES string of the molecule is CCCC(C(N)CO)N(C)C. The second-order valence-electron chi connectivity index (χ2n) is 3.17. The minimum atomic E-state index is -0.107. The molecule has 0 fully saturated rings. The average Bonchev–Trinajstić information content (AvgIpc) is 1.98. The summed E-state index contributed by atoms with van der Waals surface area (Å²) in [5, 5.41) is 8.83. The van der Waals surface area contributed by atoms with Crippen LogP contribution >= 0.6 is 0 Å². The van der Waals surface area contributed by atoms with Crippen molar-refractivity contribution in [2.24, 2.45) is 5.73 Å². The van der Waals surface area contributed by atoms with E-state index in [4.69, 9.17) is 10.8 Å². The van der Waals surface area contributed by atoms with E-state index in [0.29, 0.717) is 6.04 Å². The van der Waals surface area contributed by atoms with E-state index in [2.05, 4.69) is 11.8 Å². The number of aliphatic hydroxyl groups is 1. The van der Waals surface area contributed by atoms with Gasteiger partial charge in [0, 0.05) is 12.1 Å². The molecule has 0 aliphatic carbocycles. The summed E-state index contributed by atoms with van der Waals surface area (Å²) in [4.78, 5) is 2.07. The van der Waals surface area contributed by atoms with Gasteiger partial charge in [-0.3, -0.25) is 0 Å². The van der Waals surface area contributed by atoms with E-state index < -0.39 is 0 Å². The third-order valence-corrected chi connectivity index (χ3v) is 1.95. The van der Waals surface area contributed by atoms with Crippen LogP contribution in [0.3, 0.4) is 0 Å². The van der Waals surface area contributed by atoms with Crippen molar-refractivity contribution in [1.29, 1.82) is 0 Å². The molecule has 3 N–H and O–H groups in total. The third kappa shape index (κ3) is 3.70. The Kier molecular flexibility index (Phi) is 5.46. The lowest BCUT2D eigenvalue weighted by Crippen LogP contribution is -2.46. The zero-order chi connectivity index (χ0) is 8.85. The van der Waals surface area contributed by atoms with Crippen LogP contribution in [-0.2, 0) is 0 Å². The highest BCUT2D eigenvalue weighted by Gasteiger charge is 2.17. The fraction of sp³-hybridized carbons (Fsp3) is 1.00. The molecule has 0 aliphatic heterocycles. The standard InChI is InChI=1S/C8H20N2O/c1-4-5-8(10(2)3)7(9)6-11/h7-8,11H,4-6,9H2,1-3H3. The van der Waals surface area contributed by atoms with Crippen LogP contribution in [0.5, 0.6) is 0 Å². The van der Waals surface area contributed by atoms with Crippen LogP contribution in [0.4, 0.5) is 0 Å². The summed E-state index contributed by atoms with van der Waals surface area (Å²) in [7, 11) is 3.99. The number of likely N-dealkylation sites (N-methyl/N-ethyl adjacent to an activating group) is 1. The molecular weight excluding hydrogens is 140 g/mol. The molecule has 2 unspecified atom stereocenters. The minimum Gasteiger partial charge on any atom is -0.395 e. The van der Waals surface area contributed by atoms with Gasteiger partial charge in [-0.15, -0.1) is 0 Å². The number of rotatable bonds is 5. The van der Waals surface area contributed by atoms with Crippen molar-refractivity contribution < 1.29 is 5.11 Å². The van der Waals surface area contributed by atoms with Crippen LogP contribution in [0.1, 0.15) is 19.8 Å². The lowest BCUT2D eigenvalue weighted by atomic mass is 10.0. The lowest BCUT2D eigenvalue weighted by molar-refractivity contribution is 0.172. The van der Waals surface area contributed by atoms with Gasteiger partial charge >= 0.3 is 0 Å². The van der Waals surface area contributed by atoms with E-state index in [0.717, 1.165) is 12.8 Å². The van der Waals surface area contributed by atoms with Gasteiger partial charge in [0.1, 0.15) is 0 Å². The molecule has 0 aromatic rings. The summed E-state index contributed by atoms with van der Waals surface area (Å²) in [6.07, 6.45) is 2.16. The topological polar surface area (TPSA) is 49.5 Å². The molecule has 0 aromatic heterocycles. The van der Waals surface area contributed by atoms with Crippen molar-refractivity contribution in [2.75, 3.05) is 20.7 Å². The lowest BCUT2D eigenvalue weighted by Gasteiger charge is -2.28. The summed E-state index contributed by atoms with van der Waals surface area (Å²) >= 11 is 0. The monoisotopic (exact) mass is 160 g/mol. The van der Waals surface area contributed by atoms with E-state index in [9.17, 15) is 0 Å². The molecule has 0 radical (unpaired) electrons. The van der Waals surface area contributed by atoms with Gasteiger partial charge in [0.05, 0.1) is 6.61 Å². The van der Waals surface area contributed by atoms with Gasteiger partial charge in [0.15, 0.2) is 0 Å². The van der Waals surface area contributed by atoms with Crippen LogP contribution in [0.25, 0.3) is 0 Å². The van der Waals surface area contributed by atoms with Crippen molar-refractivity contribution >= 4 is 0 Å². The predicted octanol–water partition coefficient (Wildman–Crippen LogP) is 0.0363. The molecule has 0 heterocycles. The van der Waals surface area contributed by atoms with Gasteiger partial charge in [0.25, 0.3) is 0 Å². The van der Waals surface area contributed by atoms with Crippen LogP contribution in [0, 0.1) is 0 Å². The molecule has 11 heavy (non-hydrogen) atoms. The summed E-state index contributed by atoms with van der Waals surface area (Å²) in [5.74, 6) is 0. The van der Waals surface area contributed by atoms with Crippen molar-refractivity contribution in [2.45, 2.75) is 31.8 Å². The summed E-state index contributed by atoms with van der Waals surface area (Å²) < 4.78 is 0. The van der Waals surface area contributed by atoms with E-state index in [-0.39, 0.29) is 12.6 Å². The molecule has 0 bridgehead atoms. The van der Waals surface area contributed by atoms with Crippen LogP contribution in [-0.4, -0.2) is 42.8 Å². The van der Waals surface area contributed by atoms with E-state index in [1.54, 1.807) is 0 Å². The molecule has 0 saturated heterocycles. The molecule has 0 aliphatic rings. The molecule has 68 valence electrons. The maximum absolute atomic E-state index is 8.83. The Morgan fingerprint density at radius 3 is 2.27 bits per heavy atom. The molecule has 2 atom stereocenters. The Hall–Kier alpha value is -0.120. The Balaban J connectivity index is 3.87. The Morgan fingerprint density at radius 2 is 2.00 bits per heavy atom. The van der Waals surface area contributed by atoms with Gasteiger partial charge in [-0.2, -0.15) is 0 Å². The molecule has 3 heteroatoms. The number of nitrogens with zero attached hydrogens (tertiary/aromatic N) is 1. The molecule has 3 nitrogen and oxygen atoms in total. The minimum absolute atomic E-state index is 0.0723. The number of nitrogens with two attached hydrogens (primary N) is 1. The molecule has 0 spiro atoms. The second-order valence-corrected chi connectivity index (χ2v) is 3.17. The Bertz CT molecular complexity index is 96.1. The molecule has 0 aromatic carbocycles. The zero-order valence-corrected chi connectivity index (χ0v) is 7.75. The van der Waals surface area contributed by atoms with Crippen molar-refractivity contribution in [3.8, 4) is 0 Å². The first-order valence-corrected chi connectivity index (χ1v) is 4.16. The predicted molar refractivity (Wildman–Crippen MR) is 47.4 cm³/mol. The third-order valence-electron chi connectivity index (χ3n) is 1.95. The zero-order valence-electron chi connectivity index (χ0n) is 7.75. The van der Waals surface area contributed by atoms with Gasteiger partial charge in [0.2, 0.25) is 0 Å². The highest BCUT2D eigenvalue weighted by molar-refractivity contribution is 4.77.